The lowest BCUT2D eigenvalue weighted by atomic mass is 9.89. The fraction of sp³-hybridized carbons (Fsp3) is 0.526. The Bertz CT molecular complexity index is 744. The SMILES string of the molecule is Cc1nnc(CN(C)CC(=O)N2C[C@@H](CN)[C@H](c3ccccc3)C2)n1C. The quantitative estimate of drug-likeness (QED) is 0.826. The van der Waals surface area contributed by atoms with Crippen molar-refractivity contribution >= 4 is 5.91 Å². The first kappa shape index (κ1) is 18.5. The molecule has 0 radical (unpaired) electrons. The molecule has 0 spiro atoms. The first-order valence-electron chi connectivity index (χ1n) is 9.05. The summed E-state index contributed by atoms with van der Waals surface area (Å²) in [5.41, 5.74) is 7.24. The van der Waals surface area contributed by atoms with Gasteiger partial charge in [0, 0.05) is 26.1 Å². The van der Waals surface area contributed by atoms with E-state index in [0.717, 1.165) is 24.7 Å². The highest BCUT2D eigenvalue weighted by Crippen LogP contribution is 2.32. The highest BCUT2D eigenvalue weighted by molar-refractivity contribution is 5.78. The number of carbonyl (C=O) groups excluding carboxylic acids is 1. The molecule has 1 aliphatic heterocycles. The van der Waals surface area contributed by atoms with E-state index in [1.807, 2.05) is 53.6 Å². The van der Waals surface area contributed by atoms with Crippen LogP contribution in [0.1, 0.15) is 23.1 Å². The van der Waals surface area contributed by atoms with Crippen LogP contribution in [0.15, 0.2) is 30.3 Å². The van der Waals surface area contributed by atoms with E-state index >= 15 is 0 Å². The second-order valence-electron chi connectivity index (χ2n) is 7.21. The van der Waals surface area contributed by atoms with E-state index < -0.39 is 0 Å². The zero-order valence-electron chi connectivity index (χ0n) is 15.8. The maximum atomic E-state index is 12.8. The summed E-state index contributed by atoms with van der Waals surface area (Å²) in [7, 11) is 3.88. The number of likely N-dealkylation sites (tertiary alicyclic amines) is 1. The van der Waals surface area contributed by atoms with Crippen LogP contribution in [0.2, 0.25) is 0 Å². The summed E-state index contributed by atoms with van der Waals surface area (Å²) < 4.78 is 1.95. The molecule has 140 valence electrons. The molecule has 2 atom stereocenters. The average Bonchev–Trinajstić information content (AvgIpc) is 3.21. The Morgan fingerprint density at radius 3 is 2.62 bits per heavy atom. The minimum atomic E-state index is 0.142. The second-order valence-corrected chi connectivity index (χ2v) is 7.21. The molecule has 1 aliphatic rings. The predicted octanol–water partition coefficient (Wildman–Crippen LogP) is 0.756. The molecule has 1 aromatic carbocycles. The maximum Gasteiger partial charge on any atom is 0.236 e. The summed E-state index contributed by atoms with van der Waals surface area (Å²) in [6.07, 6.45) is 0. The lowest BCUT2D eigenvalue weighted by Crippen LogP contribution is -2.38. The Morgan fingerprint density at radius 2 is 2.00 bits per heavy atom. The Labute approximate surface area is 154 Å². The number of amides is 1. The molecule has 0 unspecified atom stereocenters. The number of aromatic nitrogens is 3. The third kappa shape index (κ3) is 3.94. The van der Waals surface area contributed by atoms with Crippen LogP contribution in [-0.2, 0) is 18.4 Å². The van der Waals surface area contributed by atoms with Crippen molar-refractivity contribution in [2.24, 2.45) is 18.7 Å². The van der Waals surface area contributed by atoms with Crippen LogP contribution < -0.4 is 5.73 Å². The van der Waals surface area contributed by atoms with Gasteiger partial charge in [-0.15, -0.1) is 10.2 Å². The normalized spacial score (nSPS) is 20.1. The van der Waals surface area contributed by atoms with Crippen LogP contribution >= 0.6 is 0 Å². The van der Waals surface area contributed by atoms with Crippen LogP contribution in [-0.4, -0.2) is 63.7 Å². The van der Waals surface area contributed by atoms with Crippen molar-refractivity contribution in [2.75, 3.05) is 33.2 Å². The molecule has 0 saturated carbocycles. The topological polar surface area (TPSA) is 80.3 Å². The van der Waals surface area contributed by atoms with Gasteiger partial charge in [0.05, 0.1) is 13.1 Å². The fourth-order valence-electron chi connectivity index (χ4n) is 3.61. The molecule has 1 fully saturated rings. The van der Waals surface area contributed by atoms with Crippen molar-refractivity contribution in [3.05, 3.63) is 47.5 Å². The summed E-state index contributed by atoms with van der Waals surface area (Å²) in [5.74, 6) is 2.50. The summed E-state index contributed by atoms with van der Waals surface area (Å²) in [6.45, 7) is 4.94. The standard InChI is InChI=1S/C19H28N6O/c1-14-21-22-18(24(14)3)12-23(2)13-19(26)25-10-16(9-20)17(11-25)15-7-5-4-6-8-15/h4-8,16-17H,9-13,20H2,1-3H3/t16-,17+/m1/s1. The smallest absolute Gasteiger partial charge is 0.236 e. The molecule has 1 amide bonds. The van der Waals surface area contributed by atoms with E-state index in [1.165, 1.54) is 5.56 Å². The van der Waals surface area contributed by atoms with Gasteiger partial charge in [0.2, 0.25) is 5.91 Å². The first-order valence-corrected chi connectivity index (χ1v) is 9.05. The van der Waals surface area contributed by atoms with Crippen LogP contribution in [0.25, 0.3) is 0 Å². The number of likely N-dealkylation sites (N-methyl/N-ethyl adjacent to an activating group) is 1. The number of hydrogen-bond acceptors (Lipinski definition) is 5. The molecule has 7 nitrogen and oxygen atoms in total. The second kappa shape index (κ2) is 7.97. The van der Waals surface area contributed by atoms with Gasteiger partial charge in [-0.1, -0.05) is 30.3 Å². The van der Waals surface area contributed by atoms with Crippen LogP contribution in [0, 0.1) is 12.8 Å². The van der Waals surface area contributed by atoms with Gasteiger partial charge in [-0.2, -0.15) is 0 Å². The largest absolute Gasteiger partial charge is 0.341 e. The summed E-state index contributed by atoms with van der Waals surface area (Å²) in [5, 5.41) is 8.23. The molecule has 26 heavy (non-hydrogen) atoms. The van der Waals surface area contributed by atoms with Gasteiger partial charge < -0.3 is 15.2 Å². The van der Waals surface area contributed by atoms with Gasteiger partial charge in [0.15, 0.2) is 0 Å². The number of benzene rings is 1. The van der Waals surface area contributed by atoms with Crippen molar-refractivity contribution < 1.29 is 4.79 Å². The van der Waals surface area contributed by atoms with Crippen molar-refractivity contribution in [3.63, 3.8) is 0 Å². The third-order valence-electron chi connectivity index (χ3n) is 5.32. The van der Waals surface area contributed by atoms with Crippen molar-refractivity contribution in [1.29, 1.82) is 0 Å². The lowest BCUT2D eigenvalue weighted by molar-refractivity contribution is -0.131. The Kier molecular flexibility index (Phi) is 5.68. The minimum Gasteiger partial charge on any atom is -0.341 e. The van der Waals surface area contributed by atoms with Gasteiger partial charge in [-0.3, -0.25) is 9.69 Å². The van der Waals surface area contributed by atoms with Crippen molar-refractivity contribution in [2.45, 2.75) is 19.4 Å². The van der Waals surface area contributed by atoms with E-state index in [1.54, 1.807) is 0 Å². The first-order chi connectivity index (χ1) is 12.5. The fourth-order valence-corrected chi connectivity index (χ4v) is 3.61. The van der Waals surface area contributed by atoms with E-state index in [2.05, 4.69) is 22.3 Å². The molecule has 0 bridgehead atoms. The number of aryl methyl sites for hydroxylation is 1. The lowest BCUT2D eigenvalue weighted by Gasteiger charge is -2.21. The molecule has 2 N–H and O–H groups in total. The van der Waals surface area contributed by atoms with Gasteiger partial charge in [-0.25, -0.2) is 0 Å². The maximum absolute atomic E-state index is 12.8. The summed E-state index contributed by atoms with van der Waals surface area (Å²) in [4.78, 5) is 16.7. The zero-order chi connectivity index (χ0) is 18.7. The average molecular weight is 356 g/mol. The van der Waals surface area contributed by atoms with Gasteiger partial charge >= 0.3 is 0 Å². The molecular weight excluding hydrogens is 328 g/mol. The van der Waals surface area contributed by atoms with Gasteiger partial charge in [0.1, 0.15) is 11.6 Å². The Balaban J connectivity index is 1.60. The molecule has 0 aliphatic carbocycles. The number of carbonyl (C=O) groups is 1. The van der Waals surface area contributed by atoms with Crippen LogP contribution in [0.4, 0.5) is 0 Å². The summed E-state index contributed by atoms with van der Waals surface area (Å²) in [6, 6.07) is 10.4. The number of rotatable bonds is 6. The van der Waals surface area contributed by atoms with Crippen molar-refractivity contribution in [1.82, 2.24) is 24.6 Å². The highest BCUT2D eigenvalue weighted by atomic mass is 16.2. The molecule has 1 saturated heterocycles. The third-order valence-corrected chi connectivity index (χ3v) is 5.32. The molecule has 2 heterocycles. The van der Waals surface area contributed by atoms with Crippen LogP contribution in [0.3, 0.4) is 0 Å². The molecular formula is C19H28N6O. The Hall–Kier alpha value is -2.25. The minimum absolute atomic E-state index is 0.142. The Morgan fingerprint density at radius 1 is 1.27 bits per heavy atom. The number of hydrogen-bond donors (Lipinski definition) is 1. The molecule has 1 aromatic heterocycles. The van der Waals surface area contributed by atoms with E-state index in [0.29, 0.717) is 31.5 Å². The monoisotopic (exact) mass is 356 g/mol. The molecule has 7 heteroatoms. The van der Waals surface area contributed by atoms with Crippen molar-refractivity contribution in [3.8, 4) is 0 Å². The van der Waals surface area contributed by atoms with E-state index in [9.17, 15) is 4.79 Å². The highest BCUT2D eigenvalue weighted by Gasteiger charge is 2.35. The van der Waals surface area contributed by atoms with Crippen LogP contribution in [0.5, 0.6) is 0 Å². The summed E-state index contributed by atoms with van der Waals surface area (Å²) >= 11 is 0. The van der Waals surface area contributed by atoms with E-state index in [4.69, 9.17) is 5.73 Å². The van der Waals surface area contributed by atoms with E-state index in [-0.39, 0.29) is 5.91 Å². The molecule has 2 aromatic rings. The van der Waals surface area contributed by atoms with Gasteiger partial charge in [-0.05, 0) is 32.0 Å². The van der Waals surface area contributed by atoms with Gasteiger partial charge in [0.25, 0.3) is 0 Å². The molecule has 3 rings (SSSR count). The number of nitrogens with two attached hydrogens (primary N) is 1. The predicted molar refractivity (Wildman–Crippen MR) is 100 cm³/mol. The zero-order valence-corrected chi connectivity index (χ0v) is 15.8. The number of nitrogens with zero attached hydrogens (tertiary/aromatic N) is 5.